The van der Waals surface area contributed by atoms with E-state index in [1.807, 2.05) is 0 Å². The Morgan fingerprint density at radius 3 is 3.00 bits per heavy atom. The lowest BCUT2D eigenvalue weighted by Gasteiger charge is -2.35. The van der Waals surface area contributed by atoms with E-state index >= 15 is 0 Å². The van der Waals surface area contributed by atoms with Crippen LogP contribution in [0.2, 0.25) is 0 Å². The van der Waals surface area contributed by atoms with Gasteiger partial charge in [0.15, 0.2) is 0 Å². The lowest BCUT2D eigenvalue weighted by atomic mass is 9.66. The molecule has 1 saturated carbocycles. The standard InChI is InChI=1S/C11H17NO3/c1-15-7-6-11-5-3-2-4-8(11)9(13)12-10(11)14/h8H,2-7H2,1H3,(H,12,13,14). The summed E-state index contributed by atoms with van der Waals surface area (Å²) in [7, 11) is 1.63. The van der Waals surface area contributed by atoms with Crippen molar-refractivity contribution in [3.05, 3.63) is 0 Å². The normalized spacial score (nSPS) is 35.1. The fourth-order valence-electron chi connectivity index (χ4n) is 2.91. The number of rotatable bonds is 3. The van der Waals surface area contributed by atoms with Gasteiger partial charge in [-0.3, -0.25) is 14.9 Å². The molecule has 84 valence electrons. The molecule has 2 atom stereocenters. The van der Waals surface area contributed by atoms with Crippen molar-refractivity contribution in [1.82, 2.24) is 5.32 Å². The molecule has 15 heavy (non-hydrogen) atoms. The monoisotopic (exact) mass is 211 g/mol. The molecule has 2 aliphatic rings. The Morgan fingerprint density at radius 1 is 1.47 bits per heavy atom. The van der Waals surface area contributed by atoms with Gasteiger partial charge in [-0.25, -0.2) is 0 Å². The van der Waals surface area contributed by atoms with Crippen LogP contribution in [0.1, 0.15) is 32.1 Å². The lowest BCUT2D eigenvalue weighted by Crippen LogP contribution is -2.38. The summed E-state index contributed by atoms with van der Waals surface area (Å²) < 4.78 is 5.04. The van der Waals surface area contributed by atoms with Crippen LogP contribution < -0.4 is 5.32 Å². The van der Waals surface area contributed by atoms with Crippen molar-refractivity contribution in [2.24, 2.45) is 11.3 Å². The predicted molar refractivity (Wildman–Crippen MR) is 54.0 cm³/mol. The first-order valence-corrected chi connectivity index (χ1v) is 5.55. The second-order valence-corrected chi connectivity index (χ2v) is 4.52. The summed E-state index contributed by atoms with van der Waals surface area (Å²) in [5, 5.41) is 2.48. The molecule has 0 aromatic heterocycles. The fraction of sp³-hybridized carbons (Fsp3) is 0.818. The highest BCUT2D eigenvalue weighted by atomic mass is 16.5. The third-order valence-electron chi connectivity index (χ3n) is 3.79. The van der Waals surface area contributed by atoms with Gasteiger partial charge in [0.05, 0.1) is 11.3 Å². The van der Waals surface area contributed by atoms with E-state index in [9.17, 15) is 9.59 Å². The van der Waals surface area contributed by atoms with Crippen LogP contribution in [0.4, 0.5) is 0 Å². The first-order valence-electron chi connectivity index (χ1n) is 5.55. The van der Waals surface area contributed by atoms with E-state index in [4.69, 9.17) is 4.74 Å². The van der Waals surface area contributed by atoms with Gasteiger partial charge in [-0.1, -0.05) is 12.8 Å². The zero-order valence-electron chi connectivity index (χ0n) is 9.04. The molecule has 0 aromatic rings. The topological polar surface area (TPSA) is 55.4 Å². The molecule has 1 N–H and O–H groups in total. The predicted octanol–water partition coefficient (Wildman–Crippen LogP) is 0.856. The van der Waals surface area contributed by atoms with Gasteiger partial charge in [0.25, 0.3) is 0 Å². The zero-order chi connectivity index (χ0) is 10.9. The molecule has 4 nitrogen and oxygen atoms in total. The van der Waals surface area contributed by atoms with Crippen molar-refractivity contribution < 1.29 is 14.3 Å². The van der Waals surface area contributed by atoms with Gasteiger partial charge in [0.2, 0.25) is 11.8 Å². The Labute approximate surface area is 89.4 Å². The second-order valence-electron chi connectivity index (χ2n) is 4.52. The molecule has 0 bridgehead atoms. The average molecular weight is 211 g/mol. The molecular weight excluding hydrogens is 194 g/mol. The average Bonchev–Trinajstić information content (AvgIpc) is 2.50. The number of imide groups is 1. The molecule has 1 aliphatic heterocycles. The van der Waals surface area contributed by atoms with Crippen molar-refractivity contribution in [3.8, 4) is 0 Å². The van der Waals surface area contributed by atoms with Crippen molar-refractivity contribution in [2.45, 2.75) is 32.1 Å². The molecule has 0 radical (unpaired) electrons. The number of carbonyl (C=O) groups is 2. The number of amides is 2. The highest BCUT2D eigenvalue weighted by molar-refractivity contribution is 6.07. The molecule has 1 heterocycles. The van der Waals surface area contributed by atoms with Crippen molar-refractivity contribution >= 4 is 11.8 Å². The van der Waals surface area contributed by atoms with Crippen molar-refractivity contribution in [1.29, 1.82) is 0 Å². The van der Waals surface area contributed by atoms with E-state index in [1.54, 1.807) is 7.11 Å². The molecule has 0 spiro atoms. The molecule has 2 unspecified atom stereocenters. The minimum atomic E-state index is -0.453. The SMILES string of the molecule is COCCC12CCCCC1C(=O)NC2=O. The summed E-state index contributed by atoms with van der Waals surface area (Å²) in [6.45, 7) is 0.553. The smallest absolute Gasteiger partial charge is 0.233 e. The van der Waals surface area contributed by atoms with E-state index in [2.05, 4.69) is 5.32 Å². The van der Waals surface area contributed by atoms with Crippen LogP contribution >= 0.6 is 0 Å². The third-order valence-corrected chi connectivity index (χ3v) is 3.79. The number of fused-ring (bicyclic) bond motifs is 1. The lowest BCUT2D eigenvalue weighted by molar-refractivity contribution is -0.131. The van der Waals surface area contributed by atoms with Crippen molar-refractivity contribution in [3.63, 3.8) is 0 Å². The Balaban J connectivity index is 2.21. The Hall–Kier alpha value is -0.900. The molecule has 4 heteroatoms. The van der Waals surface area contributed by atoms with E-state index in [1.165, 1.54) is 0 Å². The zero-order valence-corrected chi connectivity index (χ0v) is 9.04. The Kier molecular flexibility index (Phi) is 2.78. The number of hydrogen-bond donors (Lipinski definition) is 1. The van der Waals surface area contributed by atoms with Crippen LogP contribution in [0.25, 0.3) is 0 Å². The summed E-state index contributed by atoms with van der Waals surface area (Å²) in [4.78, 5) is 23.5. The van der Waals surface area contributed by atoms with E-state index < -0.39 is 5.41 Å². The quantitative estimate of drug-likeness (QED) is 0.704. The van der Waals surface area contributed by atoms with Gasteiger partial charge in [-0.2, -0.15) is 0 Å². The van der Waals surface area contributed by atoms with Gasteiger partial charge >= 0.3 is 0 Å². The van der Waals surface area contributed by atoms with Gasteiger partial charge in [0, 0.05) is 13.7 Å². The number of carbonyl (C=O) groups excluding carboxylic acids is 2. The van der Waals surface area contributed by atoms with Crippen LogP contribution in [-0.4, -0.2) is 25.5 Å². The molecule has 2 rings (SSSR count). The molecule has 2 fully saturated rings. The van der Waals surface area contributed by atoms with E-state index in [0.717, 1.165) is 25.7 Å². The Morgan fingerprint density at radius 2 is 2.27 bits per heavy atom. The van der Waals surface area contributed by atoms with E-state index in [-0.39, 0.29) is 17.7 Å². The van der Waals surface area contributed by atoms with E-state index in [0.29, 0.717) is 13.0 Å². The first-order chi connectivity index (χ1) is 7.20. The van der Waals surface area contributed by atoms with Crippen LogP contribution in [-0.2, 0) is 14.3 Å². The number of nitrogens with one attached hydrogen (secondary N) is 1. The van der Waals surface area contributed by atoms with Crippen LogP contribution in [0, 0.1) is 11.3 Å². The first kappa shape index (κ1) is 10.6. The number of ether oxygens (including phenoxy) is 1. The largest absolute Gasteiger partial charge is 0.385 e. The van der Waals surface area contributed by atoms with Crippen LogP contribution in [0.3, 0.4) is 0 Å². The van der Waals surface area contributed by atoms with Crippen LogP contribution in [0.15, 0.2) is 0 Å². The van der Waals surface area contributed by atoms with Crippen molar-refractivity contribution in [2.75, 3.05) is 13.7 Å². The Bertz CT molecular complexity index is 290. The van der Waals surface area contributed by atoms with Gasteiger partial charge < -0.3 is 4.74 Å². The summed E-state index contributed by atoms with van der Waals surface area (Å²) >= 11 is 0. The fourth-order valence-corrected chi connectivity index (χ4v) is 2.91. The summed E-state index contributed by atoms with van der Waals surface area (Å²) in [5.41, 5.74) is -0.453. The molecule has 0 aromatic carbocycles. The number of methoxy groups -OCH3 is 1. The summed E-state index contributed by atoms with van der Waals surface area (Å²) in [5.74, 6) is -0.251. The summed E-state index contributed by atoms with van der Waals surface area (Å²) in [6.07, 6.45) is 4.45. The van der Waals surface area contributed by atoms with Gasteiger partial charge in [0.1, 0.15) is 0 Å². The van der Waals surface area contributed by atoms with Gasteiger partial charge in [-0.05, 0) is 19.3 Å². The minimum Gasteiger partial charge on any atom is -0.385 e. The molecule has 1 saturated heterocycles. The maximum atomic E-state index is 11.9. The summed E-state index contributed by atoms with van der Waals surface area (Å²) in [6, 6.07) is 0. The molecular formula is C11H17NO3. The maximum Gasteiger partial charge on any atom is 0.233 e. The van der Waals surface area contributed by atoms with Gasteiger partial charge in [-0.15, -0.1) is 0 Å². The molecule has 1 aliphatic carbocycles. The highest BCUT2D eigenvalue weighted by Crippen LogP contribution is 2.47. The minimum absolute atomic E-state index is 0.0733. The second kappa shape index (κ2) is 3.93. The number of hydrogen-bond acceptors (Lipinski definition) is 3. The maximum absolute atomic E-state index is 11.9. The molecule has 2 amide bonds. The third kappa shape index (κ3) is 1.57. The van der Waals surface area contributed by atoms with Crippen LogP contribution in [0.5, 0.6) is 0 Å². The highest BCUT2D eigenvalue weighted by Gasteiger charge is 2.55.